The van der Waals surface area contributed by atoms with Crippen LogP contribution in [0.5, 0.6) is 0 Å². The quantitative estimate of drug-likeness (QED) is 0.466. The largest absolute Gasteiger partial charge is 0.0925 e. The fraction of sp³-hybridized carbons (Fsp3) is 0.818. The van der Waals surface area contributed by atoms with Crippen molar-refractivity contribution in [3.63, 3.8) is 0 Å². The molecule has 0 bridgehead atoms. The van der Waals surface area contributed by atoms with E-state index >= 15 is 0 Å². The molecular weight excluding hydrogens is 212 g/mol. The number of halogens is 1. The van der Waals surface area contributed by atoms with E-state index in [4.69, 9.17) is 0 Å². The smallest absolute Gasteiger partial charge is 0.00596 e. The van der Waals surface area contributed by atoms with Crippen molar-refractivity contribution in [1.82, 2.24) is 0 Å². The molecule has 0 aliphatic carbocycles. The van der Waals surface area contributed by atoms with Crippen LogP contribution in [-0.2, 0) is 0 Å². The molecule has 0 nitrogen and oxygen atoms in total. The van der Waals surface area contributed by atoms with Crippen LogP contribution in [0, 0.1) is 5.92 Å². The normalized spacial score (nSPS) is 14.8. The molecule has 0 heterocycles. The van der Waals surface area contributed by atoms with Crippen LogP contribution in [0.4, 0.5) is 0 Å². The Kier molecular flexibility index (Phi) is 7.99. The number of hydrogen-bond donors (Lipinski definition) is 0. The minimum Gasteiger partial charge on any atom is -0.0925 e. The molecule has 1 atom stereocenters. The monoisotopic (exact) mass is 232 g/mol. The van der Waals surface area contributed by atoms with Crippen molar-refractivity contribution < 1.29 is 0 Å². The average molecular weight is 233 g/mol. The first-order chi connectivity index (χ1) is 5.74. The topological polar surface area (TPSA) is 0 Å². The number of rotatable bonds is 6. The van der Waals surface area contributed by atoms with Crippen LogP contribution in [-0.4, -0.2) is 5.33 Å². The van der Waals surface area contributed by atoms with Crippen LogP contribution in [0.25, 0.3) is 0 Å². The van der Waals surface area contributed by atoms with Gasteiger partial charge in [0.1, 0.15) is 0 Å². The Morgan fingerprint density at radius 2 is 2.08 bits per heavy atom. The molecule has 0 N–H and O–H groups in total. The summed E-state index contributed by atoms with van der Waals surface area (Å²) in [5.41, 5.74) is 1.53. The van der Waals surface area contributed by atoms with Crippen LogP contribution in [0.15, 0.2) is 11.6 Å². The first-order valence-electron chi connectivity index (χ1n) is 4.96. The van der Waals surface area contributed by atoms with Crippen molar-refractivity contribution in [2.24, 2.45) is 5.92 Å². The Morgan fingerprint density at radius 1 is 1.42 bits per heavy atom. The van der Waals surface area contributed by atoms with E-state index in [1.807, 2.05) is 0 Å². The Bertz CT molecular complexity index is 123. The van der Waals surface area contributed by atoms with E-state index in [1.54, 1.807) is 0 Å². The lowest BCUT2D eigenvalue weighted by atomic mass is 10.0. The highest BCUT2D eigenvalue weighted by molar-refractivity contribution is 9.09. The third-order valence-corrected chi connectivity index (χ3v) is 3.34. The van der Waals surface area contributed by atoms with E-state index in [2.05, 4.69) is 42.8 Å². The van der Waals surface area contributed by atoms with Crippen LogP contribution in [0.3, 0.4) is 0 Å². The zero-order chi connectivity index (χ0) is 9.40. The minimum atomic E-state index is 0.867. The van der Waals surface area contributed by atoms with Gasteiger partial charge in [-0.1, -0.05) is 47.8 Å². The maximum absolute atomic E-state index is 3.54. The second-order valence-electron chi connectivity index (χ2n) is 3.41. The van der Waals surface area contributed by atoms with Crippen LogP contribution < -0.4 is 0 Å². The van der Waals surface area contributed by atoms with Gasteiger partial charge < -0.3 is 0 Å². The van der Waals surface area contributed by atoms with Crippen molar-refractivity contribution in [1.29, 1.82) is 0 Å². The molecule has 0 aliphatic rings. The molecule has 0 aromatic heterocycles. The third kappa shape index (κ3) is 5.82. The number of alkyl halides is 1. The molecule has 72 valence electrons. The summed E-state index contributed by atoms with van der Waals surface area (Å²) in [7, 11) is 0. The summed E-state index contributed by atoms with van der Waals surface area (Å²) in [4.78, 5) is 0. The number of allylic oxidation sites excluding steroid dienone is 2. The van der Waals surface area contributed by atoms with Gasteiger partial charge in [0.05, 0.1) is 0 Å². The molecule has 0 saturated carbocycles. The van der Waals surface area contributed by atoms with Crippen molar-refractivity contribution in [2.75, 3.05) is 5.33 Å². The van der Waals surface area contributed by atoms with Gasteiger partial charge in [0, 0.05) is 5.33 Å². The van der Waals surface area contributed by atoms with Gasteiger partial charge in [0.25, 0.3) is 0 Å². The van der Waals surface area contributed by atoms with Crippen LogP contribution >= 0.6 is 15.9 Å². The van der Waals surface area contributed by atoms with E-state index < -0.39 is 0 Å². The van der Waals surface area contributed by atoms with Gasteiger partial charge in [-0.25, -0.2) is 0 Å². The van der Waals surface area contributed by atoms with Gasteiger partial charge >= 0.3 is 0 Å². The van der Waals surface area contributed by atoms with Gasteiger partial charge in [-0.2, -0.15) is 0 Å². The summed E-state index contributed by atoms with van der Waals surface area (Å²) < 4.78 is 0. The Hall–Kier alpha value is 0.220. The molecule has 1 heteroatoms. The second kappa shape index (κ2) is 7.85. The van der Waals surface area contributed by atoms with Crippen molar-refractivity contribution in [3.8, 4) is 0 Å². The molecular formula is C11H21Br. The standard InChI is InChI=1S/C11H21Br/c1-4-10(3)7-6-8-11(5-2)9-12/h7,11H,4-6,8-9H2,1-3H3/b10-7+. The molecule has 0 aromatic carbocycles. The summed E-state index contributed by atoms with van der Waals surface area (Å²) in [5, 5.41) is 1.16. The zero-order valence-electron chi connectivity index (χ0n) is 8.57. The van der Waals surface area contributed by atoms with Crippen molar-refractivity contribution in [3.05, 3.63) is 11.6 Å². The van der Waals surface area contributed by atoms with E-state index in [0.717, 1.165) is 11.2 Å². The summed E-state index contributed by atoms with van der Waals surface area (Å²) in [6.07, 6.45) is 7.46. The summed E-state index contributed by atoms with van der Waals surface area (Å²) in [5.74, 6) is 0.867. The lowest BCUT2D eigenvalue weighted by molar-refractivity contribution is 0.533. The first kappa shape index (κ1) is 12.2. The van der Waals surface area contributed by atoms with Gasteiger partial charge in [-0.15, -0.1) is 0 Å². The average Bonchev–Trinajstić information content (AvgIpc) is 2.12. The fourth-order valence-corrected chi connectivity index (χ4v) is 1.88. The molecule has 0 aliphatic heterocycles. The third-order valence-electron chi connectivity index (χ3n) is 2.42. The van der Waals surface area contributed by atoms with Crippen molar-refractivity contribution in [2.45, 2.75) is 46.5 Å². The van der Waals surface area contributed by atoms with Gasteiger partial charge in [-0.3, -0.25) is 0 Å². The predicted octanol–water partition coefficient (Wildman–Crippen LogP) is 4.54. The molecule has 0 aromatic rings. The van der Waals surface area contributed by atoms with Gasteiger partial charge in [0.15, 0.2) is 0 Å². The number of hydrogen-bond acceptors (Lipinski definition) is 0. The molecule has 0 saturated heterocycles. The molecule has 12 heavy (non-hydrogen) atoms. The van der Waals surface area contributed by atoms with Crippen molar-refractivity contribution >= 4 is 15.9 Å². The molecule has 0 rings (SSSR count). The second-order valence-corrected chi connectivity index (χ2v) is 4.06. The van der Waals surface area contributed by atoms with E-state index in [1.165, 1.54) is 31.3 Å². The lowest BCUT2D eigenvalue weighted by Crippen LogP contribution is -1.98. The highest BCUT2D eigenvalue weighted by Gasteiger charge is 2.01. The fourth-order valence-electron chi connectivity index (χ4n) is 1.10. The highest BCUT2D eigenvalue weighted by Crippen LogP contribution is 2.15. The maximum Gasteiger partial charge on any atom is 0.00596 e. The van der Waals surface area contributed by atoms with Crippen LogP contribution in [0.2, 0.25) is 0 Å². The minimum absolute atomic E-state index is 0.867. The summed E-state index contributed by atoms with van der Waals surface area (Å²) >= 11 is 3.54. The predicted molar refractivity (Wildman–Crippen MR) is 60.9 cm³/mol. The van der Waals surface area contributed by atoms with Gasteiger partial charge in [-0.05, 0) is 32.1 Å². The van der Waals surface area contributed by atoms with E-state index in [9.17, 15) is 0 Å². The first-order valence-corrected chi connectivity index (χ1v) is 6.08. The maximum atomic E-state index is 3.54. The van der Waals surface area contributed by atoms with E-state index in [-0.39, 0.29) is 0 Å². The molecule has 0 amide bonds. The molecule has 0 radical (unpaired) electrons. The van der Waals surface area contributed by atoms with E-state index in [0.29, 0.717) is 0 Å². The summed E-state index contributed by atoms with van der Waals surface area (Å²) in [6.45, 7) is 6.70. The molecule has 1 unspecified atom stereocenters. The Balaban J connectivity index is 3.53. The van der Waals surface area contributed by atoms with Crippen LogP contribution in [0.1, 0.15) is 46.5 Å². The Morgan fingerprint density at radius 3 is 2.50 bits per heavy atom. The molecule has 0 spiro atoms. The SMILES string of the molecule is CC/C(C)=C/CCC(CC)CBr. The molecule has 0 fully saturated rings. The van der Waals surface area contributed by atoms with Gasteiger partial charge in [0.2, 0.25) is 0 Å². The summed E-state index contributed by atoms with van der Waals surface area (Å²) in [6, 6.07) is 0. The highest BCUT2D eigenvalue weighted by atomic mass is 79.9. The Labute approximate surface area is 85.6 Å². The zero-order valence-corrected chi connectivity index (χ0v) is 10.2. The lowest BCUT2D eigenvalue weighted by Gasteiger charge is -2.08.